The number of benzene rings is 1. The summed E-state index contributed by atoms with van der Waals surface area (Å²) in [5.41, 5.74) is 1.92. The van der Waals surface area contributed by atoms with E-state index in [0.717, 1.165) is 29.5 Å². The van der Waals surface area contributed by atoms with Crippen LogP contribution in [0.5, 0.6) is 0 Å². The topological polar surface area (TPSA) is 70.6 Å². The fourth-order valence-corrected chi connectivity index (χ4v) is 4.33. The van der Waals surface area contributed by atoms with Gasteiger partial charge in [-0.2, -0.15) is 0 Å². The Morgan fingerprint density at radius 3 is 2.35 bits per heavy atom. The first kappa shape index (κ1) is 20.7. The lowest BCUT2D eigenvalue weighted by Crippen LogP contribution is -2.37. The van der Waals surface area contributed by atoms with Crippen molar-refractivity contribution >= 4 is 15.8 Å². The summed E-state index contributed by atoms with van der Waals surface area (Å²) in [7, 11) is -1.20. The lowest BCUT2D eigenvalue weighted by atomic mass is 9.86. The van der Waals surface area contributed by atoms with Crippen LogP contribution in [0, 0.1) is 5.92 Å². The lowest BCUT2D eigenvalue weighted by Gasteiger charge is -2.21. The number of nitrogens with zero attached hydrogens (tertiary/aromatic N) is 1. The van der Waals surface area contributed by atoms with Crippen LogP contribution in [0.3, 0.4) is 0 Å². The van der Waals surface area contributed by atoms with E-state index in [1.807, 2.05) is 24.3 Å². The normalized spacial score (nSPS) is 16.5. The maximum Gasteiger partial charge on any atom is 0.191 e. The quantitative estimate of drug-likeness (QED) is 0.413. The third kappa shape index (κ3) is 8.21. The Balaban J connectivity index is 1.67. The van der Waals surface area contributed by atoms with Crippen molar-refractivity contribution in [3.63, 3.8) is 0 Å². The van der Waals surface area contributed by atoms with Crippen molar-refractivity contribution in [2.45, 2.75) is 57.2 Å². The first-order chi connectivity index (χ1) is 12.5. The molecule has 0 unspecified atom stereocenters. The molecule has 0 amide bonds. The van der Waals surface area contributed by atoms with E-state index >= 15 is 0 Å². The Labute approximate surface area is 158 Å². The van der Waals surface area contributed by atoms with Crippen LogP contribution in [0.4, 0.5) is 0 Å². The van der Waals surface area contributed by atoms with Crippen LogP contribution in [0.15, 0.2) is 29.3 Å². The molecule has 0 bridgehead atoms. The molecule has 0 aromatic heterocycles. The molecule has 5 nitrogen and oxygen atoms in total. The molecule has 146 valence electrons. The SMILES string of the molecule is CN=C(NCCCC1CCCCC1)NCc1ccc(CS(C)(=O)=O)cc1. The number of nitrogens with one attached hydrogen (secondary N) is 2. The van der Waals surface area contributed by atoms with Gasteiger partial charge in [-0.3, -0.25) is 4.99 Å². The summed E-state index contributed by atoms with van der Waals surface area (Å²) >= 11 is 0. The summed E-state index contributed by atoms with van der Waals surface area (Å²) in [6.45, 7) is 1.62. The molecule has 1 aliphatic carbocycles. The molecule has 1 fully saturated rings. The van der Waals surface area contributed by atoms with Gasteiger partial charge >= 0.3 is 0 Å². The minimum Gasteiger partial charge on any atom is -0.356 e. The Kier molecular flexibility index (Phi) is 8.42. The molecule has 1 aromatic carbocycles. The van der Waals surface area contributed by atoms with Crippen molar-refractivity contribution < 1.29 is 8.42 Å². The summed E-state index contributed by atoms with van der Waals surface area (Å²) in [5, 5.41) is 6.69. The molecule has 0 radical (unpaired) electrons. The predicted octanol–water partition coefficient (Wildman–Crippen LogP) is 3.26. The summed E-state index contributed by atoms with van der Waals surface area (Å²) < 4.78 is 22.7. The molecule has 0 atom stereocenters. The standard InChI is InChI=1S/C20H33N3O2S/c1-21-20(22-14-6-9-17-7-4-3-5-8-17)23-15-18-10-12-19(13-11-18)16-26(2,24)25/h10-13,17H,3-9,14-16H2,1-2H3,(H2,21,22,23). The smallest absolute Gasteiger partial charge is 0.191 e. The van der Waals surface area contributed by atoms with Crippen LogP contribution in [-0.2, 0) is 22.1 Å². The molecule has 1 aliphatic rings. The monoisotopic (exact) mass is 379 g/mol. The van der Waals surface area contributed by atoms with Gasteiger partial charge in [0.25, 0.3) is 0 Å². The first-order valence-electron chi connectivity index (χ1n) is 9.66. The van der Waals surface area contributed by atoms with E-state index in [9.17, 15) is 8.42 Å². The molecule has 6 heteroatoms. The van der Waals surface area contributed by atoms with Gasteiger partial charge < -0.3 is 10.6 Å². The zero-order valence-corrected chi connectivity index (χ0v) is 16.9. The number of hydrogen-bond acceptors (Lipinski definition) is 3. The molecule has 0 saturated heterocycles. The van der Waals surface area contributed by atoms with Crippen molar-refractivity contribution in [1.29, 1.82) is 0 Å². The summed E-state index contributed by atoms with van der Waals surface area (Å²) in [5.74, 6) is 1.82. The minimum absolute atomic E-state index is 0.0882. The van der Waals surface area contributed by atoms with E-state index < -0.39 is 9.84 Å². The highest BCUT2D eigenvalue weighted by molar-refractivity contribution is 7.89. The van der Waals surface area contributed by atoms with Crippen LogP contribution in [-0.4, -0.2) is 34.2 Å². The third-order valence-corrected chi connectivity index (χ3v) is 5.80. The van der Waals surface area contributed by atoms with Gasteiger partial charge in [-0.1, -0.05) is 56.4 Å². The van der Waals surface area contributed by atoms with Gasteiger partial charge in [0.1, 0.15) is 0 Å². The Hall–Kier alpha value is -1.56. The molecule has 1 saturated carbocycles. The Morgan fingerprint density at radius 1 is 1.08 bits per heavy atom. The summed E-state index contributed by atoms with van der Waals surface area (Å²) in [6, 6.07) is 7.67. The molecule has 2 N–H and O–H groups in total. The van der Waals surface area contributed by atoms with Crippen LogP contribution in [0.25, 0.3) is 0 Å². The van der Waals surface area contributed by atoms with Crippen LogP contribution in [0.2, 0.25) is 0 Å². The van der Waals surface area contributed by atoms with Gasteiger partial charge in [0.05, 0.1) is 5.75 Å². The molecule has 0 aliphatic heterocycles. The molecule has 0 heterocycles. The average molecular weight is 380 g/mol. The number of rotatable bonds is 8. The van der Waals surface area contributed by atoms with Gasteiger partial charge in [-0.15, -0.1) is 0 Å². The van der Waals surface area contributed by atoms with E-state index in [-0.39, 0.29) is 5.75 Å². The van der Waals surface area contributed by atoms with Crippen molar-refractivity contribution in [1.82, 2.24) is 10.6 Å². The molecular weight excluding hydrogens is 346 g/mol. The molecule has 0 spiro atoms. The fraction of sp³-hybridized carbons (Fsp3) is 0.650. The molecular formula is C20H33N3O2S. The van der Waals surface area contributed by atoms with Gasteiger partial charge in [-0.05, 0) is 29.9 Å². The summed E-state index contributed by atoms with van der Waals surface area (Å²) in [4.78, 5) is 4.27. The second-order valence-corrected chi connectivity index (χ2v) is 9.53. The highest BCUT2D eigenvalue weighted by atomic mass is 32.2. The second-order valence-electron chi connectivity index (χ2n) is 7.39. The first-order valence-corrected chi connectivity index (χ1v) is 11.7. The molecule has 1 aromatic rings. The Morgan fingerprint density at radius 2 is 1.73 bits per heavy atom. The van der Waals surface area contributed by atoms with Crippen molar-refractivity contribution in [3.8, 4) is 0 Å². The Bertz CT molecular complexity index is 663. The van der Waals surface area contributed by atoms with E-state index in [2.05, 4.69) is 15.6 Å². The maximum absolute atomic E-state index is 11.3. The van der Waals surface area contributed by atoms with Gasteiger partial charge in [0.2, 0.25) is 0 Å². The number of aliphatic imine (C=N–C) groups is 1. The number of guanidine groups is 1. The second kappa shape index (κ2) is 10.6. The van der Waals surface area contributed by atoms with Gasteiger partial charge in [-0.25, -0.2) is 8.42 Å². The summed E-state index contributed by atoms with van der Waals surface area (Å²) in [6.07, 6.45) is 10.8. The zero-order chi connectivity index (χ0) is 18.8. The largest absolute Gasteiger partial charge is 0.356 e. The zero-order valence-electron chi connectivity index (χ0n) is 16.1. The molecule has 26 heavy (non-hydrogen) atoms. The highest BCUT2D eigenvalue weighted by Crippen LogP contribution is 2.26. The van der Waals surface area contributed by atoms with Gasteiger partial charge in [0, 0.05) is 26.4 Å². The van der Waals surface area contributed by atoms with Crippen molar-refractivity contribution in [2.24, 2.45) is 10.9 Å². The van der Waals surface area contributed by atoms with E-state index in [4.69, 9.17) is 0 Å². The fourth-order valence-electron chi connectivity index (χ4n) is 3.54. The van der Waals surface area contributed by atoms with E-state index in [1.54, 1.807) is 7.05 Å². The van der Waals surface area contributed by atoms with Crippen molar-refractivity contribution in [2.75, 3.05) is 19.8 Å². The number of hydrogen-bond donors (Lipinski definition) is 2. The maximum atomic E-state index is 11.3. The minimum atomic E-state index is -2.99. The molecule has 2 rings (SSSR count). The van der Waals surface area contributed by atoms with Crippen molar-refractivity contribution in [3.05, 3.63) is 35.4 Å². The predicted molar refractivity (Wildman–Crippen MR) is 109 cm³/mol. The third-order valence-electron chi connectivity index (χ3n) is 4.94. The lowest BCUT2D eigenvalue weighted by molar-refractivity contribution is 0.332. The van der Waals surface area contributed by atoms with E-state index in [1.165, 1.54) is 51.2 Å². The van der Waals surface area contributed by atoms with Crippen LogP contribution >= 0.6 is 0 Å². The van der Waals surface area contributed by atoms with E-state index in [0.29, 0.717) is 6.54 Å². The van der Waals surface area contributed by atoms with Crippen LogP contribution < -0.4 is 10.6 Å². The van der Waals surface area contributed by atoms with Crippen LogP contribution in [0.1, 0.15) is 56.1 Å². The van der Waals surface area contributed by atoms with Gasteiger partial charge in [0.15, 0.2) is 15.8 Å². The highest BCUT2D eigenvalue weighted by Gasteiger charge is 2.12. The number of sulfone groups is 1. The average Bonchev–Trinajstić information content (AvgIpc) is 2.62.